The summed E-state index contributed by atoms with van der Waals surface area (Å²) in [5.41, 5.74) is 10.2. The van der Waals surface area contributed by atoms with Crippen LogP contribution in [0.1, 0.15) is 0 Å². The molecule has 3 aromatic carbocycles. The number of nitrogens with zero attached hydrogens (tertiary/aromatic N) is 5. The van der Waals surface area contributed by atoms with Gasteiger partial charge in [-0.05, 0) is 70.8 Å². The normalized spacial score (nSPS) is 11.3. The van der Waals surface area contributed by atoms with Crippen molar-refractivity contribution in [1.82, 2.24) is 24.5 Å². The van der Waals surface area contributed by atoms with Crippen molar-refractivity contribution in [3.05, 3.63) is 152 Å². The average molecular weight is 552 g/mol. The molecule has 8 aromatic rings. The van der Waals surface area contributed by atoms with Crippen LogP contribution in [0.25, 0.3) is 72.5 Å². The summed E-state index contributed by atoms with van der Waals surface area (Å²) in [6.45, 7) is 0. The molecule has 0 aliphatic carbocycles. The molecule has 0 aliphatic heterocycles. The van der Waals surface area contributed by atoms with Crippen LogP contribution in [0.4, 0.5) is 0 Å². The molecule has 0 unspecified atom stereocenters. The topological polar surface area (TPSA) is 56.5 Å². The highest BCUT2D eigenvalue weighted by atomic mass is 15.1. The van der Waals surface area contributed by atoms with Crippen molar-refractivity contribution in [2.75, 3.05) is 0 Å². The predicted octanol–water partition coefficient (Wildman–Crippen LogP) is 9.03. The Morgan fingerprint density at radius 1 is 0.419 bits per heavy atom. The van der Waals surface area contributed by atoms with Gasteiger partial charge >= 0.3 is 0 Å². The summed E-state index contributed by atoms with van der Waals surface area (Å²) in [6, 6.07) is 43.8. The van der Waals surface area contributed by atoms with Gasteiger partial charge < -0.3 is 0 Å². The molecule has 5 heterocycles. The number of fused-ring (bicyclic) bond motifs is 3. The van der Waals surface area contributed by atoms with Crippen molar-refractivity contribution in [3.63, 3.8) is 0 Å². The summed E-state index contributed by atoms with van der Waals surface area (Å²) in [7, 11) is 0. The molecule has 0 saturated carbocycles. The van der Waals surface area contributed by atoms with Crippen molar-refractivity contribution >= 4 is 21.8 Å². The van der Waals surface area contributed by atoms with Gasteiger partial charge in [-0.3, -0.25) is 14.5 Å². The second-order valence-electron chi connectivity index (χ2n) is 10.4. The molecule has 0 saturated heterocycles. The first-order valence-electron chi connectivity index (χ1n) is 14.2. The predicted molar refractivity (Wildman–Crippen MR) is 174 cm³/mol. The van der Waals surface area contributed by atoms with Crippen molar-refractivity contribution in [2.45, 2.75) is 0 Å². The zero-order valence-corrected chi connectivity index (χ0v) is 23.2. The zero-order valence-electron chi connectivity index (χ0n) is 23.2. The van der Waals surface area contributed by atoms with E-state index in [0.717, 1.165) is 61.4 Å². The number of hydrogen-bond acceptors (Lipinski definition) is 4. The average Bonchev–Trinajstić information content (AvgIpc) is 3.43. The van der Waals surface area contributed by atoms with Gasteiger partial charge in [-0.1, -0.05) is 78.9 Å². The third kappa shape index (κ3) is 4.53. The Morgan fingerprint density at radius 3 is 1.91 bits per heavy atom. The lowest BCUT2D eigenvalue weighted by Gasteiger charge is -2.11. The van der Waals surface area contributed by atoms with Gasteiger partial charge in [-0.25, -0.2) is 9.97 Å². The third-order valence-corrected chi connectivity index (χ3v) is 7.82. The highest BCUT2D eigenvalue weighted by molar-refractivity contribution is 6.08. The highest BCUT2D eigenvalue weighted by Gasteiger charge is 2.14. The van der Waals surface area contributed by atoms with E-state index in [1.807, 2.05) is 48.9 Å². The van der Waals surface area contributed by atoms with Gasteiger partial charge in [0.2, 0.25) is 0 Å². The Kier molecular flexibility index (Phi) is 6.05. The fourth-order valence-electron chi connectivity index (χ4n) is 5.71. The molecule has 0 atom stereocenters. The lowest BCUT2D eigenvalue weighted by Crippen LogP contribution is -1.98. The number of rotatable bonds is 5. The quantitative estimate of drug-likeness (QED) is 0.214. The van der Waals surface area contributed by atoms with Crippen molar-refractivity contribution in [3.8, 4) is 50.7 Å². The summed E-state index contributed by atoms with van der Waals surface area (Å²) in [5.74, 6) is 0.846. The first-order valence-corrected chi connectivity index (χ1v) is 14.2. The Hall–Kier alpha value is -5.94. The van der Waals surface area contributed by atoms with Crippen LogP contribution in [0.5, 0.6) is 0 Å². The number of hydrogen-bond donors (Lipinski definition) is 0. The van der Waals surface area contributed by atoms with Gasteiger partial charge in [0.05, 0.1) is 28.1 Å². The van der Waals surface area contributed by atoms with Crippen molar-refractivity contribution < 1.29 is 0 Å². The highest BCUT2D eigenvalue weighted by Crippen LogP contribution is 2.33. The Balaban J connectivity index is 1.22. The molecule has 202 valence electrons. The van der Waals surface area contributed by atoms with E-state index in [4.69, 9.17) is 9.97 Å². The van der Waals surface area contributed by atoms with Crippen molar-refractivity contribution in [2.24, 2.45) is 0 Å². The van der Waals surface area contributed by atoms with E-state index < -0.39 is 0 Å². The lowest BCUT2D eigenvalue weighted by atomic mass is 9.98. The van der Waals surface area contributed by atoms with E-state index in [9.17, 15) is 0 Å². The second kappa shape index (κ2) is 10.5. The smallest absolute Gasteiger partial charge is 0.137 e. The fourth-order valence-corrected chi connectivity index (χ4v) is 5.71. The van der Waals surface area contributed by atoms with Crippen LogP contribution in [-0.4, -0.2) is 24.5 Å². The standard InChI is InChI=1S/C38H25N5/c1-2-8-26(9-3-1)27-13-15-28(16-14-27)30-22-34(42-35(23-30)33-11-6-7-20-40-33)29-17-18-38(41-24-29)43-36-12-5-4-10-31(36)32-25-39-21-19-37(32)43/h1-25H. The van der Waals surface area contributed by atoms with Gasteiger partial charge in [-0.2, -0.15) is 0 Å². The van der Waals surface area contributed by atoms with Crippen LogP contribution in [0.2, 0.25) is 0 Å². The molecular formula is C38H25N5. The van der Waals surface area contributed by atoms with E-state index in [2.05, 4.69) is 112 Å². The van der Waals surface area contributed by atoms with E-state index >= 15 is 0 Å². The number of benzene rings is 3. The van der Waals surface area contributed by atoms with E-state index in [1.165, 1.54) is 11.1 Å². The third-order valence-electron chi connectivity index (χ3n) is 7.82. The summed E-state index contributed by atoms with van der Waals surface area (Å²) in [6.07, 6.45) is 7.45. The number of aromatic nitrogens is 5. The van der Waals surface area contributed by atoms with Crippen LogP contribution >= 0.6 is 0 Å². The van der Waals surface area contributed by atoms with Crippen LogP contribution in [-0.2, 0) is 0 Å². The lowest BCUT2D eigenvalue weighted by molar-refractivity contribution is 1.08. The summed E-state index contributed by atoms with van der Waals surface area (Å²) >= 11 is 0. The van der Waals surface area contributed by atoms with Gasteiger partial charge in [-0.15, -0.1) is 0 Å². The molecule has 5 heteroatoms. The molecule has 0 N–H and O–H groups in total. The molecule has 8 rings (SSSR count). The molecule has 0 bridgehead atoms. The van der Waals surface area contributed by atoms with Crippen molar-refractivity contribution in [1.29, 1.82) is 0 Å². The molecule has 5 nitrogen and oxygen atoms in total. The van der Waals surface area contributed by atoms with Crippen LogP contribution in [0.15, 0.2) is 152 Å². The largest absolute Gasteiger partial charge is 0.294 e. The zero-order chi connectivity index (χ0) is 28.6. The maximum absolute atomic E-state index is 5.04. The Labute approximate surface area is 248 Å². The molecule has 0 aliphatic rings. The molecule has 0 fully saturated rings. The molecule has 0 amide bonds. The maximum Gasteiger partial charge on any atom is 0.137 e. The monoisotopic (exact) mass is 551 g/mol. The minimum Gasteiger partial charge on any atom is -0.294 e. The van der Waals surface area contributed by atoms with Gasteiger partial charge in [0.1, 0.15) is 5.82 Å². The maximum atomic E-state index is 5.04. The second-order valence-corrected chi connectivity index (χ2v) is 10.4. The Bertz CT molecular complexity index is 2150. The molecule has 43 heavy (non-hydrogen) atoms. The van der Waals surface area contributed by atoms with E-state index in [0.29, 0.717) is 0 Å². The van der Waals surface area contributed by atoms with Crippen LogP contribution in [0.3, 0.4) is 0 Å². The molecule has 0 radical (unpaired) electrons. The summed E-state index contributed by atoms with van der Waals surface area (Å²) in [4.78, 5) is 18.9. The SMILES string of the molecule is c1ccc(-c2ccc(-c3cc(-c4ccc(-n5c6ccccc6c6cnccc65)nc4)nc(-c4ccccn4)c3)cc2)cc1. The first kappa shape index (κ1) is 24.8. The Morgan fingerprint density at radius 2 is 1.12 bits per heavy atom. The van der Waals surface area contributed by atoms with Gasteiger partial charge in [0.25, 0.3) is 0 Å². The summed E-state index contributed by atoms with van der Waals surface area (Å²) < 4.78 is 2.19. The van der Waals surface area contributed by atoms with Gasteiger partial charge in [0.15, 0.2) is 0 Å². The molecule has 0 spiro atoms. The summed E-state index contributed by atoms with van der Waals surface area (Å²) in [5, 5.41) is 2.26. The van der Waals surface area contributed by atoms with E-state index in [1.54, 1.807) is 6.20 Å². The van der Waals surface area contributed by atoms with Crippen LogP contribution in [0, 0.1) is 0 Å². The molecule has 5 aromatic heterocycles. The minimum absolute atomic E-state index is 0.819. The fraction of sp³-hybridized carbons (Fsp3) is 0. The first-order chi connectivity index (χ1) is 21.3. The minimum atomic E-state index is 0.819. The number of para-hydroxylation sites is 1. The number of pyridine rings is 4. The molecular weight excluding hydrogens is 526 g/mol. The van der Waals surface area contributed by atoms with E-state index in [-0.39, 0.29) is 0 Å². The van der Waals surface area contributed by atoms with Gasteiger partial charge in [0, 0.05) is 41.1 Å². The van der Waals surface area contributed by atoms with Crippen LogP contribution < -0.4 is 0 Å².